The van der Waals surface area contributed by atoms with Gasteiger partial charge in [0.2, 0.25) is 0 Å². The van der Waals surface area contributed by atoms with Crippen LogP contribution in [0.2, 0.25) is 0 Å². The smallest absolute Gasteiger partial charge is 0.341 e. The molecule has 0 saturated carbocycles. The van der Waals surface area contributed by atoms with E-state index in [1.165, 1.54) is 19.2 Å². The molecule has 18 heavy (non-hydrogen) atoms. The first-order valence-electron chi connectivity index (χ1n) is 4.98. The number of carbonyl (C=O) groups excluding carboxylic acids is 1. The maximum absolute atomic E-state index is 13.4. The molecule has 0 bridgehead atoms. The Morgan fingerprint density at radius 2 is 2.00 bits per heavy atom. The van der Waals surface area contributed by atoms with Crippen LogP contribution in [0.3, 0.4) is 0 Å². The van der Waals surface area contributed by atoms with Crippen molar-refractivity contribution in [1.82, 2.24) is 4.90 Å². The molecule has 1 rings (SSSR count). The second-order valence-corrected chi connectivity index (χ2v) is 4.54. The largest absolute Gasteiger partial charge is 0.390 e. The predicted octanol–water partition coefficient (Wildman–Crippen LogP) is 3.61. The lowest BCUT2D eigenvalue weighted by molar-refractivity contribution is -0.136. The molecular weight excluding hydrogens is 318 g/mol. The van der Waals surface area contributed by atoms with E-state index >= 15 is 0 Å². The van der Waals surface area contributed by atoms with Crippen LogP contribution in [0.15, 0.2) is 22.7 Å². The number of amides is 1. The van der Waals surface area contributed by atoms with Crippen molar-refractivity contribution in [1.29, 1.82) is 0 Å². The molecule has 0 N–H and O–H groups in total. The molecule has 7 heteroatoms. The molecule has 0 aliphatic carbocycles. The van der Waals surface area contributed by atoms with Gasteiger partial charge < -0.3 is 4.90 Å². The van der Waals surface area contributed by atoms with Crippen LogP contribution < -0.4 is 0 Å². The minimum Gasteiger partial charge on any atom is -0.341 e. The Morgan fingerprint density at radius 3 is 2.50 bits per heavy atom. The first-order valence-corrected chi connectivity index (χ1v) is 5.78. The van der Waals surface area contributed by atoms with Crippen LogP contribution in [0.5, 0.6) is 0 Å². The minimum atomic E-state index is -4.35. The highest BCUT2D eigenvalue weighted by atomic mass is 79.9. The van der Waals surface area contributed by atoms with Crippen LogP contribution in [-0.2, 0) is 0 Å². The van der Waals surface area contributed by atoms with Gasteiger partial charge >= 0.3 is 6.18 Å². The highest BCUT2D eigenvalue weighted by Crippen LogP contribution is 2.23. The van der Waals surface area contributed by atoms with Crippen LogP contribution >= 0.6 is 15.9 Å². The van der Waals surface area contributed by atoms with E-state index in [1.54, 1.807) is 0 Å². The van der Waals surface area contributed by atoms with E-state index in [1.807, 2.05) is 0 Å². The Bertz CT molecular complexity index is 427. The van der Waals surface area contributed by atoms with Gasteiger partial charge in [0.15, 0.2) is 0 Å². The molecule has 2 nitrogen and oxygen atoms in total. The fourth-order valence-electron chi connectivity index (χ4n) is 1.29. The molecule has 0 atom stereocenters. The van der Waals surface area contributed by atoms with Crippen LogP contribution in [-0.4, -0.2) is 30.6 Å². The number of halogens is 5. The lowest BCUT2D eigenvalue weighted by Crippen LogP contribution is -2.31. The Kier molecular flexibility index (Phi) is 4.72. The number of hydrogen-bond donors (Lipinski definition) is 0. The summed E-state index contributed by atoms with van der Waals surface area (Å²) in [6.45, 7) is -0.511. The van der Waals surface area contributed by atoms with Gasteiger partial charge in [0, 0.05) is 18.1 Å². The zero-order chi connectivity index (χ0) is 13.9. The maximum atomic E-state index is 13.4. The fraction of sp³-hybridized carbons (Fsp3) is 0.364. The second-order valence-electron chi connectivity index (χ2n) is 3.69. The Hall–Kier alpha value is -1.11. The van der Waals surface area contributed by atoms with Gasteiger partial charge in [-0.1, -0.05) is 6.07 Å². The van der Waals surface area contributed by atoms with Gasteiger partial charge in [-0.05, 0) is 28.1 Å². The Morgan fingerprint density at radius 1 is 1.39 bits per heavy atom. The summed E-state index contributed by atoms with van der Waals surface area (Å²) in [5.74, 6) is -1.56. The average Bonchev–Trinajstić information content (AvgIpc) is 2.24. The second kappa shape index (κ2) is 5.69. The third-order valence-corrected chi connectivity index (χ3v) is 2.91. The van der Waals surface area contributed by atoms with Crippen molar-refractivity contribution in [3.63, 3.8) is 0 Å². The molecule has 1 aromatic rings. The quantitative estimate of drug-likeness (QED) is 0.776. The summed E-state index contributed by atoms with van der Waals surface area (Å²) in [6.07, 6.45) is -5.47. The van der Waals surface area contributed by atoms with E-state index in [-0.39, 0.29) is 10.0 Å². The monoisotopic (exact) mass is 327 g/mol. The van der Waals surface area contributed by atoms with E-state index in [4.69, 9.17) is 0 Å². The van der Waals surface area contributed by atoms with E-state index < -0.39 is 30.9 Å². The number of nitrogens with zero attached hydrogens (tertiary/aromatic N) is 1. The van der Waals surface area contributed by atoms with Crippen molar-refractivity contribution < 1.29 is 22.4 Å². The molecule has 0 aliphatic heterocycles. The third-order valence-electron chi connectivity index (χ3n) is 2.25. The molecule has 0 spiro atoms. The van der Waals surface area contributed by atoms with Crippen molar-refractivity contribution in [2.24, 2.45) is 0 Å². The van der Waals surface area contributed by atoms with Crippen molar-refractivity contribution in [3.05, 3.63) is 34.1 Å². The molecule has 100 valence electrons. The third kappa shape index (κ3) is 3.97. The summed E-state index contributed by atoms with van der Waals surface area (Å²) in [5.41, 5.74) is -0.262. The molecule has 0 aliphatic rings. The van der Waals surface area contributed by atoms with Gasteiger partial charge in [0.1, 0.15) is 5.82 Å². The summed E-state index contributed by atoms with van der Waals surface area (Å²) in [6, 6.07) is 3.93. The number of carbonyl (C=O) groups is 1. The molecule has 0 saturated heterocycles. The number of hydrogen-bond acceptors (Lipinski definition) is 1. The topological polar surface area (TPSA) is 20.3 Å². The van der Waals surface area contributed by atoms with Crippen LogP contribution in [0.25, 0.3) is 0 Å². The summed E-state index contributed by atoms with van der Waals surface area (Å²) < 4.78 is 49.7. The highest BCUT2D eigenvalue weighted by molar-refractivity contribution is 9.10. The first-order chi connectivity index (χ1) is 8.22. The van der Waals surface area contributed by atoms with Crippen molar-refractivity contribution >= 4 is 21.8 Å². The van der Waals surface area contributed by atoms with Gasteiger partial charge in [0.25, 0.3) is 5.91 Å². The number of rotatable bonds is 3. The lowest BCUT2D eigenvalue weighted by Gasteiger charge is -2.19. The van der Waals surface area contributed by atoms with E-state index in [2.05, 4.69) is 15.9 Å². The number of benzene rings is 1. The summed E-state index contributed by atoms with van der Waals surface area (Å²) >= 11 is 3.00. The van der Waals surface area contributed by atoms with E-state index in [0.29, 0.717) is 0 Å². The van der Waals surface area contributed by atoms with Crippen molar-refractivity contribution in [2.75, 3.05) is 13.6 Å². The Balaban J connectivity index is 2.81. The fourth-order valence-corrected chi connectivity index (χ4v) is 1.80. The van der Waals surface area contributed by atoms with Crippen LogP contribution in [0, 0.1) is 5.82 Å². The SMILES string of the molecule is CN(CCC(F)(F)F)C(=O)c1c(F)cccc1Br. The van der Waals surface area contributed by atoms with Gasteiger partial charge in [0.05, 0.1) is 12.0 Å². The molecule has 1 aromatic carbocycles. The van der Waals surface area contributed by atoms with Gasteiger partial charge in [-0.25, -0.2) is 4.39 Å². The van der Waals surface area contributed by atoms with Crippen LogP contribution in [0.1, 0.15) is 16.8 Å². The standard InChI is InChI=1S/C11H10BrF4NO/c1-17(6-5-11(14,15)16)10(18)9-7(12)3-2-4-8(9)13/h2-4H,5-6H2,1H3. The zero-order valence-electron chi connectivity index (χ0n) is 9.39. The van der Waals surface area contributed by atoms with Gasteiger partial charge in [-0.15, -0.1) is 0 Å². The molecule has 0 aromatic heterocycles. The predicted molar refractivity (Wildman–Crippen MR) is 61.7 cm³/mol. The van der Waals surface area contributed by atoms with Crippen molar-refractivity contribution in [2.45, 2.75) is 12.6 Å². The highest BCUT2D eigenvalue weighted by Gasteiger charge is 2.29. The van der Waals surface area contributed by atoms with Gasteiger partial charge in [-0.2, -0.15) is 13.2 Å². The average molecular weight is 328 g/mol. The van der Waals surface area contributed by atoms with Crippen LogP contribution in [0.4, 0.5) is 17.6 Å². The number of alkyl halides is 3. The summed E-state index contributed by atoms with van der Waals surface area (Å²) in [5, 5.41) is 0. The molecule has 0 radical (unpaired) electrons. The summed E-state index contributed by atoms with van der Waals surface area (Å²) in [4.78, 5) is 12.6. The molecule has 0 fully saturated rings. The van der Waals surface area contributed by atoms with Gasteiger partial charge in [-0.3, -0.25) is 4.79 Å². The lowest BCUT2D eigenvalue weighted by atomic mass is 10.2. The molecular formula is C11H10BrF4NO. The Labute approximate surface area is 110 Å². The minimum absolute atomic E-state index is 0.214. The van der Waals surface area contributed by atoms with E-state index in [9.17, 15) is 22.4 Å². The molecule has 1 amide bonds. The molecule has 0 unspecified atom stereocenters. The zero-order valence-corrected chi connectivity index (χ0v) is 11.0. The first kappa shape index (κ1) is 14.9. The maximum Gasteiger partial charge on any atom is 0.390 e. The molecule has 0 heterocycles. The normalized spacial score (nSPS) is 11.4. The van der Waals surface area contributed by atoms with Crippen molar-refractivity contribution in [3.8, 4) is 0 Å². The summed E-state index contributed by atoms with van der Waals surface area (Å²) in [7, 11) is 1.20. The van der Waals surface area contributed by atoms with E-state index in [0.717, 1.165) is 11.0 Å².